The molecular weight excluding hydrogens is 280 g/mol. The van der Waals surface area contributed by atoms with E-state index in [9.17, 15) is 8.42 Å². The molecule has 1 saturated heterocycles. The molecule has 0 aromatic rings. The van der Waals surface area contributed by atoms with Crippen molar-refractivity contribution >= 4 is 21.8 Å². The van der Waals surface area contributed by atoms with Gasteiger partial charge in [0.1, 0.15) is 0 Å². The van der Waals surface area contributed by atoms with Crippen molar-refractivity contribution in [3.8, 4) is 0 Å². The van der Waals surface area contributed by atoms with Gasteiger partial charge in [-0.3, -0.25) is 0 Å². The van der Waals surface area contributed by atoms with Gasteiger partial charge in [0.25, 0.3) is 0 Å². The van der Waals surface area contributed by atoms with Crippen LogP contribution in [-0.2, 0) is 10.0 Å². The predicted octanol–water partition coefficient (Wildman–Crippen LogP) is 1.67. The molecule has 1 N–H and O–H groups in total. The topological polar surface area (TPSA) is 49.4 Å². The van der Waals surface area contributed by atoms with Crippen molar-refractivity contribution in [2.24, 2.45) is 0 Å². The molecule has 112 valence electrons. The van der Waals surface area contributed by atoms with Crippen molar-refractivity contribution in [3.63, 3.8) is 0 Å². The number of thioether (sulfide) groups is 1. The second-order valence-electron chi connectivity index (χ2n) is 6.30. The normalized spacial score (nSPS) is 26.9. The van der Waals surface area contributed by atoms with Crippen LogP contribution in [0.4, 0.5) is 0 Å². The minimum Gasteiger partial charge on any atom is -0.313 e. The van der Waals surface area contributed by atoms with E-state index in [1.54, 1.807) is 4.31 Å². The SMILES string of the molecule is CC(CNC1CC1)S(=O)(=O)N1CCSC(C)(C)CC1. The lowest BCUT2D eigenvalue weighted by atomic mass is 10.1. The molecule has 1 unspecified atom stereocenters. The van der Waals surface area contributed by atoms with Crippen LogP contribution in [0.15, 0.2) is 0 Å². The summed E-state index contributed by atoms with van der Waals surface area (Å²) in [7, 11) is -3.15. The number of sulfonamides is 1. The van der Waals surface area contributed by atoms with Crippen molar-refractivity contribution < 1.29 is 8.42 Å². The quantitative estimate of drug-likeness (QED) is 0.839. The Morgan fingerprint density at radius 2 is 2.05 bits per heavy atom. The van der Waals surface area contributed by atoms with Gasteiger partial charge >= 0.3 is 0 Å². The van der Waals surface area contributed by atoms with Crippen LogP contribution >= 0.6 is 11.8 Å². The van der Waals surface area contributed by atoms with Crippen LogP contribution < -0.4 is 5.32 Å². The fraction of sp³-hybridized carbons (Fsp3) is 1.00. The van der Waals surface area contributed by atoms with E-state index in [0.717, 1.165) is 12.2 Å². The Hall–Kier alpha value is 0.220. The molecular formula is C13H26N2O2S2. The molecule has 0 aromatic heterocycles. The summed E-state index contributed by atoms with van der Waals surface area (Å²) in [5.74, 6) is 0.898. The van der Waals surface area contributed by atoms with E-state index < -0.39 is 10.0 Å². The maximum Gasteiger partial charge on any atom is 0.217 e. The summed E-state index contributed by atoms with van der Waals surface area (Å²) >= 11 is 1.88. The number of hydrogen-bond donors (Lipinski definition) is 1. The Kier molecular flexibility index (Phi) is 4.86. The fourth-order valence-corrected chi connectivity index (χ4v) is 4.96. The zero-order valence-electron chi connectivity index (χ0n) is 12.2. The van der Waals surface area contributed by atoms with E-state index in [1.165, 1.54) is 12.8 Å². The average molecular weight is 306 g/mol. The molecule has 0 aromatic carbocycles. The molecule has 6 heteroatoms. The minimum absolute atomic E-state index is 0.194. The van der Waals surface area contributed by atoms with Crippen LogP contribution in [0.5, 0.6) is 0 Å². The highest BCUT2D eigenvalue weighted by Crippen LogP contribution is 2.31. The number of rotatable bonds is 5. The summed E-state index contributed by atoms with van der Waals surface area (Å²) in [5.41, 5.74) is 0. The standard InChI is InChI=1S/C13H26N2O2S2/c1-11(10-14-12-4-5-12)19(16,17)15-7-6-13(2,3)18-9-8-15/h11-12,14H,4-10H2,1-3H3. The largest absolute Gasteiger partial charge is 0.313 e. The van der Waals surface area contributed by atoms with Crippen molar-refractivity contribution in [2.45, 2.75) is 56.1 Å². The molecule has 0 amide bonds. The predicted molar refractivity (Wildman–Crippen MR) is 82.1 cm³/mol. The highest BCUT2D eigenvalue weighted by Gasteiger charge is 2.33. The van der Waals surface area contributed by atoms with E-state index in [2.05, 4.69) is 19.2 Å². The Balaban J connectivity index is 1.93. The maximum absolute atomic E-state index is 12.6. The maximum atomic E-state index is 12.6. The van der Waals surface area contributed by atoms with E-state index in [-0.39, 0.29) is 10.00 Å². The van der Waals surface area contributed by atoms with Gasteiger partial charge in [0.05, 0.1) is 5.25 Å². The average Bonchev–Trinajstić information content (AvgIpc) is 3.13. The second kappa shape index (κ2) is 5.92. The van der Waals surface area contributed by atoms with Gasteiger partial charge < -0.3 is 5.32 Å². The molecule has 0 bridgehead atoms. The first-order valence-corrected chi connectivity index (χ1v) is 9.66. The van der Waals surface area contributed by atoms with E-state index in [0.29, 0.717) is 25.7 Å². The summed E-state index contributed by atoms with van der Waals surface area (Å²) in [6.45, 7) is 8.13. The van der Waals surface area contributed by atoms with Crippen LogP contribution in [0, 0.1) is 0 Å². The lowest BCUT2D eigenvalue weighted by molar-refractivity contribution is 0.407. The van der Waals surface area contributed by atoms with Gasteiger partial charge in [0.15, 0.2) is 0 Å². The second-order valence-corrected chi connectivity index (χ2v) is 10.4. The molecule has 0 spiro atoms. The van der Waals surface area contributed by atoms with Crippen LogP contribution in [0.25, 0.3) is 0 Å². The molecule has 2 rings (SSSR count). The summed E-state index contributed by atoms with van der Waals surface area (Å²) in [4.78, 5) is 0. The molecule has 0 radical (unpaired) electrons. The van der Waals surface area contributed by atoms with Gasteiger partial charge in [-0.15, -0.1) is 0 Å². The first kappa shape index (κ1) is 15.6. The van der Waals surface area contributed by atoms with Gasteiger partial charge in [0, 0.05) is 36.2 Å². The Morgan fingerprint density at radius 3 is 2.68 bits per heavy atom. The van der Waals surface area contributed by atoms with E-state index >= 15 is 0 Å². The Labute approximate surface area is 121 Å². The molecule has 4 nitrogen and oxygen atoms in total. The summed E-state index contributed by atoms with van der Waals surface area (Å²) in [6.07, 6.45) is 3.32. The molecule has 1 heterocycles. The monoisotopic (exact) mass is 306 g/mol. The van der Waals surface area contributed by atoms with Gasteiger partial charge in [0.2, 0.25) is 10.0 Å². The summed E-state index contributed by atoms with van der Waals surface area (Å²) in [5, 5.41) is 3.00. The Morgan fingerprint density at radius 1 is 1.37 bits per heavy atom. The van der Waals surface area contributed by atoms with Gasteiger partial charge in [-0.2, -0.15) is 11.8 Å². The third-order valence-corrected chi connectivity index (χ3v) is 7.58. The van der Waals surface area contributed by atoms with Gasteiger partial charge in [-0.05, 0) is 26.2 Å². The van der Waals surface area contributed by atoms with Crippen LogP contribution in [-0.4, -0.2) is 54.1 Å². The third kappa shape index (κ3) is 4.34. The molecule has 1 saturated carbocycles. The van der Waals surface area contributed by atoms with Gasteiger partial charge in [-0.25, -0.2) is 12.7 Å². The van der Waals surface area contributed by atoms with Crippen molar-refractivity contribution in [2.75, 3.05) is 25.4 Å². The smallest absolute Gasteiger partial charge is 0.217 e. The van der Waals surface area contributed by atoms with Crippen molar-refractivity contribution in [3.05, 3.63) is 0 Å². The lowest BCUT2D eigenvalue weighted by Crippen LogP contribution is -2.43. The number of nitrogens with zero attached hydrogens (tertiary/aromatic N) is 1. The van der Waals surface area contributed by atoms with Gasteiger partial charge in [-0.1, -0.05) is 13.8 Å². The lowest BCUT2D eigenvalue weighted by Gasteiger charge is -2.25. The molecule has 2 aliphatic rings. The number of nitrogens with one attached hydrogen (secondary N) is 1. The summed E-state index contributed by atoms with van der Waals surface area (Å²) < 4.78 is 27.0. The molecule has 1 atom stereocenters. The molecule has 19 heavy (non-hydrogen) atoms. The van der Waals surface area contributed by atoms with Crippen molar-refractivity contribution in [1.29, 1.82) is 0 Å². The van der Waals surface area contributed by atoms with Crippen LogP contribution in [0.2, 0.25) is 0 Å². The summed E-state index contributed by atoms with van der Waals surface area (Å²) in [6, 6.07) is 0.566. The van der Waals surface area contributed by atoms with Crippen LogP contribution in [0.3, 0.4) is 0 Å². The first-order chi connectivity index (χ1) is 8.81. The molecule has 2 fully saturated rings. The minimum atomic E-state index is -3.15. The fourth-order valence-electron chi connectivity index (χ4n) is 2.24. The third-order valence-electron chi connectivity index (χ3n) is 3.94. The van der Waals surface area contributed by atoms with Crippen LogP contribution in [0.1, 0.15) is 40.0 Å². The highest BCUT2D eigenvalue weighted by atomic mass is 32.2. The van der Waals surface area contributed by atoms with Crippen molar-refractivity contribution in [1.82, 2.24) is 9.62 Å². The van der Waals surface area contributed by atoms with E-state index in [4.69, 9.17) is 0 Å². The zero-order chi connectivity index (χ0) is 14.1. The number of hydrogen-bond acceptors (Lipinski definition) is 4. The Bertz CT molecular complexity index is 405. The highest BCUT2D eigenvalue weighted by molar-refractivity contribution is 8.00. The first-order valence-electron chi connectivity index (χ1n) is 7.17. The van der Waals surface area contributed by atoms with E-state index in [1.807, 2.05) is 18.7 Å². The molecule has 1 aliphatic heterocycles. The molecule has 1 aliphatic carbocycles. The zero-order valence-corrected chi connectivity index (χ0v) is 13.8.